The summed E-state index contributed by atoms with van der Waals surface area (Å²) >= 11 is 0. The third-order valence-corrected chi connectivity index (χ3v) is 12.8. The molecule has 0 saturated carbocycles. The van der Waals surface area contributed by atoms with Crippen LogP contribution in [0.3, 0.4) is 0 Å². The molecule has 0 aliphatic heterocycles. The lowest BCUT2D eigenvalue weighted by Gasteiger charge is -2.32. The van der Waals surface area contributed by atoms with Gasteiger partial charge in [0, 0.05) is 11.1 Å². The van der Waals surface area contributed by atoms with Crippen LogP contribution in [0.2, 0.25) is 0 Å². The summed E-state index contributed by atoms with van der Waals surface area (Å²) in [5.74, 6) is 0.447. The van der Waals surface area contributed by atoms with E-state index in [-0.39, 0.29) is 5.84 Å². The lowest BCUT2D eigenvalue weighted by atomic mass is 9.69. The van der Waals surface area contributed by atoms with Crippen LogP contribution < -0.4 is 5.73 Å². The van der Waals surface area contributed by atoms with E-state index < -0.39 is 5.41 Å². The molecule has 0 bridgehead atoms. The van der Waals surface area contributed by atoms with Gasteiger partial charge in [0.25, 0.3) is 0 Å². The maximum absolute atomic E-state index is 8.54. The van der Waals surface area contributed by atoms with Crippen molar-refractivity contribution in [3.05, 3.63) is 246 Å². The van der Waals surface area contributed by atoms with Gasteiger partial charge in [0.15, 0.2) is 5.84 Å². The number of hydrogen-bond acceptors (Lipinski definition) is 1. The third-order valence-electron chi connectivity index (χ3n) is 12.8. The lowest BCUT2D eigenvalue weighted by molar-refractivity contribution is 0.786. The largest absolute Gasteiger partial charge is 0.383 e. The zero-order chi connectivity index (χ0) is 41.2. The van der Waals surface area contributed by atoms with Crippen LogP contribution in [0.4, 0.5) is 0 Å². The van der Waals surface area contributed by atoms with Gasteiger partial charge in [-0.3, -0.25) is 5.41 Å². The fourth-order valence-corrected chi connectivity index (χ4v) is 10.3. The van der Waals surface area contributed by atoms with Crippen molar-refractivity contribution >= 4 is 49.6 Å². The zero-order valence-corrected chi connectivity index (χ0v) is 33.8. The minimum Gasteiger partial charge on any atom is -0.383 e. The Bertz CT molecular complexity index is 3420. The Morgan fingerprint density at radius 2 is 1.11 bits per heavy atom. The second-order valence-electron chi connectivity index (χ2n) is 16.0. The third kappa shape index (κ3) is 5.37. The number of amidine groups is 2. The van der Waals surface area contributed by atoms with Crippen LogP contribution >= 0.6 is 0 Å². The molecule has 0 saturated heterocycles. The van der Waals surface area contributed by atoms with Crippen LogP contribution in [0.15, 0.2) is 217 Å². The van der Waals surface area contributed by atoms with Crippen LogP contribution in [0.1, 0.15) is 40.3 Å². The summed E-state index contributed by atoms with van der Waals surface area (Å²) in [7, 11) is 0. The zero-order valence-electron chi connectivity index (χ0n) is 33.8. The van der Waals surface area contributed by atoms with Gasteiger partial charge >= 0.3 is 0 Å². The number of nitrogens with zero attached hydrogens (tertiary/aromatic N) is 1. The van der Waals surface area contributed by atoms with Gasteiger partial charge in [0.2, 0.25) is 0 Å². The van der Waals surface area contributed by atoms with Crippen LogP contribution in [0.5, 0.6) is 0 Å². The molecule has 3 N–H and O–H groups in total. The average molecular weight is 780 g/mol. The minimum atomic E-state index is -0.479. The fourth-order valence-electron chi connectivity index (χ4n) is 10.3. The number of hydrogen-bond donors (Lipinski definition) is 2. The Labute approximate surface area is 355 Å². The molecule has 0 heterocycles. The smallest absolute Gasteiger partial charge is 0.154 e. The van der Waals surface area contributed by atoms with Gasteiger partial charge in [0.05, 0.1) is 5.41 Å². The number of nitrogens with one attached hydrogen (secondary N) is 1. The maximum Gasteiger partial charge on any atom is 0.154 e. The molecule has 11 rings (SSSR count). The summed E-state index contributed by atoms with van der Waals surface area (Å²) < 4.78 is 0. The van der Waals surface area contributed by atoms with Gasteiger partial charge in [-0.15, -0.1) is 0 Å². The van der Waals surface area contributed by atoms with Crippen molar-refractivity contribution in [2.75, 3.05) is 0 Å². The van der Waals surface area contributed by atoms with E-state index in [2.05, 4.69) is 170 Å². The number of benzene rings is 9. The molecule has 0 radical (unpaired) electrons. The SMILES string of the molecule is C=CC1=C(/C=C\C)C2(c3ccccc31)c1ccccc1-c1ccc(-c3cccc4c5ccccc5c5cc(-c6cccc(C(N)=NC(=N)c7ccccc7)c6)ccc5c34)cc12. The highest BCUT2D eigenvalue weighted by Gasteiger charge is 2.51. The van der Waals surface area contributed by atoms with Crippen LogP contribution in [-0.2, 0) is 5.41 Å². The van der Waals surface area contributed by atoms with E-state index >= 15 is 0 Å². The Morgan fingerprint density at radius 1 is 0.525 bits per heavy atom. The first-order valence-electron chi connectivity index (χ1n) is 20.8. The second-order valence-corrected chi connectivity index (χ2v) is 16.0. The molecule has 3 heteroatoms. The molecule has 0 fully saturated rings. The average Bonchev–Trinajstić information content (AvgIpc) is 3.77. The standard InChI is InChI=1S/C58H41N3/c1-3-16-51-41(4-2)45-23-10-12-27-52(45)58(51)53-28-13-11-24-46(53)47-31-30-39(35-54(47)58)42-25-15-26-48-43-21-8-9-22-44(43)50-34-38(29-32-49(50)55(42)48)37-19-14-20-40(33-37)57(60)61-56(59)36-17-6-5-7-18-36/h3-35H,2H2,1H3,(H3,59,60,61)/b16-3-. The highest BCUT2D eigenvalue weighted by Crippen LogP contribution is 2.62. The number of nitrogens with two attached hydrogens (primary N) is 1. The molecule has 1 atom stereocenters. The molecule has 1 spiro atoms. The molecule has 2 aliphatic rings. The van der Waals surface area contributed by atoms with Crippen LogP contribution in [0, 0.1) is 5.41 Å². The quantitative estimate of drug-likeness (QED) is 0.0985. The van der Waals surface area contributed by atoms with Gasteiger partial charge in [-0.25, -0.2) is 4.99 Å². The second kappa shape index (κ2) is 14.1. The normalized spacial score (nSPS) is 15.5. The van der Waals surface area contributed by atoms with E-state index in [1.807, 2.05) is 48.5 Å². The molecule has 3 nitrogen and oxygen atoms in total. The highest BCUT2D eigenvalue weighted by molar-refractivity contribution is 6.29. The summed E-state index contributed by atoms with van der Waals surface area (Å²) in [6.45, 7) is 6.45. The van der Waals surface area contributed by atoms with Gasteiger partial charge in [-0.05, 0) is 124 Å². The summed E-state index contributed by atoms with van der Waals surface area (Å²) in [4.78, 5) is 4.47. The van der Waals surface area contributed by atoms with Crippen LogP contribution in [0.25, 0.3) is 71.3 Å². The first kappa shape index (κ1) is 36.2. The molecule has 288 valence electrons. The summed E-state index contributed by atoms with van der Waals surface area (Å²) in [6.07, 6.45) is 6.52. The molecule has 9 aromatic carbocycles. The molecule has 1 unspecified atom stereocenters. The van der Waals surface area contributed by atoms with E-state index in [0.29, 0.717) is 5.84 Å². The van der Waals surface area contributed by atoms with Gasteiger partial charge in [-0.1, -0.05) is 189 Å². The first-order chi connectivity index (χ1) is 30.0. The molecule has 9 aromatic rings. The van der Waals surface area contributed by atoms with Crippen molar-refractivity contribution in [3.63, 3.8) is 0 Å². The van der Waals surface area contributed by atoms with E-state index in [9.17, 15) is 0 Å². The van der Waals surface area contributed by atoms with Crippen molar-refractivity contribution < 1.29 is 0 Å². The predicted molar refractivity (Wildman–Crippen MR) is 258 cm³/mol. The van der Waals surface area contributed by atoms with Crippen molar-refractivity contribution in [1.29, 1.82) is 5.41 Å². The van der Waals surface area contributed by atoms with E-state index in [1.54, 1.807) is 0 Å². The van der Waals surface area contributed by atoms with E-state index in [1.165, 1.54) is 88.0 Å². The van der Waals surface area contributed by atoms with Crippen molar-refractivity contribution in [2.45, 2.75) is 12.3 Å². The first-order valence-corrected chi connectivity index (χ1v) is 20.8. The van der Waals surface area contributed by atoms with Crippen molar-refractivity contribution in [2.24, 2.45) is 10.7 Å². The predicted octanol–water partition coefficient (Wildman–Crippen LogP) is 14.1. The van der Waals surface area contributed by atoms with Crippen LogP contribution in [-0.4, -0.2) is 11.7 Å². The van der Waals surface area contributed by atoms with Gasteiger partial charge in [0.1, 0.15) is 5.84 Å². The fraction of sp³-hybridized carbons (Fsp3) is 0.0345. The summed E-state index contributed by atoms with van der Waals surface area (Å²) in [6, 6.07) is 65.0. The number of fused-ring (bicyclic) bond motifs is 13. The minimum absolute atomic E-state index is 0.135. The Morgan fingerprint density at radius 3 is 1.90 bits per heavy atom. The molecular weight excluding hydrogens is 739 g/mol. The Balaban J connectivity index is 1.11. The molecule has 0 amide bonds. The van der Waals surface area contributed by atoms with Gasteiger partial charge in [-0.2, -0.15) is 0 Å². The topological polar surface area (TPSA) is 62.2 Å². The highest BCUT2D eigenvalue weighted by atomic mass is 14.9. The molecule has 61 heavy (non-hydrogen) atoms. The maximum atomic E-state index is 8.54. The van der Waals surface area contributed by atoms with Crippen molar-refractivity contribution in [1.82, 2.24) is 0 Å². The molecule has 0 aromatic heterocycles. The van der Waals surface area contributed by atoms with E-state index in [0.717, 1.165) is 22.3 Å². The summed E-state index contributed by atoms with van der Waals surface area (Å²) in [5.41, 5.74) is 22.2. The lowest BCUT2D eigenvalue weighted by Crippen LogP contribution is -2.26. The number of rotatable bonds is 6. The monoisotopic (exact) mass is 779 g/mol. The number of allylic oxidation sites excluding steroid dienone is 5. The Hall–Kier alpha value is -7.88. The van der Waals surface area contributed by atoms with Gasteiger partial charge < -0.3 is 5.73 Å². The summed E-state index contributed by atoms with van der Waals surface area (Å²) in [5, 5.41) is 15.8. The van der Waals surface area contributed by atoms with E-state index in [4.69, 9.17) is 11.1 Å². The molecule has 2 aliphatic carbocycles. The number of aliphatic imine (C=N–C) groups is 1. The Kier molecular flexibility index (Phi) is 8.40. The van der Waals surface area contributed by atoms with Crippen molar-refractivity contribution in [3.8, 4) is 33.4 Å². The molecular formula is C58H41N3.